The minimum Gasteiger partial charge on any atom is -0.481 e. The van der Waals surface area contributed by atoms with Gasteiger partial charge in [0.05, 0.1) is 0 Å². The van der Waals surface area contributed by atoms with E-state index in [9.17, 15) is 4.79 Å². The first-order valence-corrected chi connectivity index (χ1v) is 10.6. The van der Waals surface area contributed by atoms with Crippen LogP contribution in [0.2, 0.25) is 32.2 Å². The van der Waals surface area contributed by atoms with Crippen molar-refractivity contribution < 1.29 is 14.0 Å². The zero-order chi connectivity index (χ0) is 10.5. The molecular weight excluding hydrogens is 200 g/mol. The fourth-order valence-electron chi connectivity index (χ4n) is 1.20. The zero-order valence-electron chi connectivity index (χ0n) is 8.96. The van der Waals surface area contributed by atoms with Crippen LogP contribution in [0.1, 0.15) is 12.8 Å². The molecule has 5 heteroatoms. The van der Waals surface area contributed by atoms with Crippen LogP contribution < -0.4 is 0 Å². The predicted octanol–water partition coefficient (Wildman–Crippen LogP) is 2.06. The molecule has 0 spiro atoms. The van der Waals surface area contributed by atoms with E-state index in [1.807, 2.05) is 0 Å². The highest BCUT2D eigenvalue weighted by Gasteiger charge is 2.18. The summed E-state index contributed by atoms with van der Waals surface area (Å²) in [6.07, 6.45) is 1.06. The molecule has 0 fully saturated rings. The van der Waals surface area contributed by atoms with Crippen LogP contribution in [-0.2, 0) is 8.91 Å². The molecule has 0 aliphatic rings. The molecule has 1 N–H and O–H groups in total. The molecule has 0 bridgehead atoms. The zero-order valence-corrected chi connectivity index (χ0v) is 11.1. The Morgan fingerprint density at radius 1 is 1.46 bits per heavy atom. The second-order valence-electron chi connectivity index (χ2n) is 4.33. The van der Waals surface area contributed by atoms with Gasteiger partial charge in [0.15, 0.2) is 17.4 Å². The SMILES string of the molecule is C[SiH](CCCC(=O)O)O[Si](C)(C)C. The third-order valence-electron chi connectivity index (χ3n) is 1.56. The topological polar surface area (TPSA) is 46.5 Å². The fourth-order valence-corrected chi connectivity index (χ4v) is 7.28. The van der Waals surface area contributed by atoms with Crippen LogP contribution in [-0.4, -0.2) is 28.4 Å². The number of carbonyl (C=O) groups is 1. The number of aliphatic carboxylic acids is 1. The number of carboxylic acid groups (broad SMARTS) is 1. The number of rotatable bonds is 6. The standard InChI is InChI=1S/C8H20O3Si2/c1-12(11-13(2,3)4)7-5-6-8(9)10/h12H,5-7H2,1-4H3,(H,9,10). The molecule has 0 rings (SSSR count). The van der Waals surface area contributed by atoms with E-state index in [1.165, 1.54) is 0 Å². The van der Waals surface area contributed by atoms with E-state index in [2.05, 4.69) is 26.2 Å². The Morgan fingerprint density at radius 2 is 2.00 bits per heavy atom. The predicted molar refractivity (Wildman–Crippen MR) is 59.1 cm³/mol. The van der Waals surface area contributed by atoms with Crippen LogP contribution in [0.4, 0.5) is 0 Å². The first kappa shape index (κ1) is 12.9. The molecule has 0 radical (unpaired) electrons. The minimum atomic E-state index is -1.38. The quantitative estimate of drug-likeness (QED) is 0.697. The molecule has 0 aromatic carbocycles. The summed E-state index contributed by atoms with van der Waals surface area (Å²) in [5, 5.41) is 8.44. The van der Waals surface area contributed by atoms with Crippen LogP contribution in [0.15, 0.2) is 0 Å². The molecule has 78 valence electrons. The first-order valence-electron chi connectivity index (χ1n) is 4.71. The van der Waals surface area contributed by atoms with Gasteiger partial charge in [0.1, 0.15) is 0 Å². The third kappa shape index (κ3) is 9.78. The fraction of sp³-hybridized carbons (Fsp3) is 0.875. The Kier molecular flexibility index (Phi) is 5.51. The molecule has 1 atom stereocenters. The van der Waals surface area contributed by atoms with Crippen molar-refractivity contribution in [1.82, 2.24) is 0 Å². The number of hydrogen-bond acceptors (Lipinski definition) is 2. The van der Waals surface area contributed by atoms with Crippen LogP contribution in [0, 0.1) is 0 Å². The summed E-state index contributed by atoms with van der Waals surface area (Å²) < 4.78 is 5.90. The van der Waals surface area contributed by atoms with Crippen molar-refractivity contribution in [2.75, 3.05) is 0 Å². The summed E-state index contributed by atoms with van der Waals surface area (Å²) in [4.78, 5) is 10.2. The van der Waals surface area contributed by atoms with Crippen molar-refractivity contribution in [1.29, 1.82) is 0 Å². The highest BCUT2D eigenvalue weighted by atomic mass is 28.4. The average Bonchev–Trinajstić information content (AvgIpc) is 1.81. The van der Waals surface area contributed by atoms with Crippen molar-refractivity contribution >= 4 is 23.3 Å². The second kappa shape index (κ2) is 5.56. The van der Waals surface area contributed by atoms with Gasteiger partial charge in [0.2, 0.25) is 0 Å². The maximum atomic E-state index is 10.2. The molecule has 3 nitrogen and oxygen atoms in total. The van der Waals surface area contributed by atoms with Crippen molar-refractivity contribution in [2.45, 2.75) is 45.1 Å². The molecular formula is C8H20O3Si2. The van der Waals surface area contributed by atoms with Gasteiger partial charge >= 0.3 is 5.97 Å². The van der Waals surface area contributed by atoms with Crippen LogP contribution in [0.5, 0.6) is 0 Å². The molecule has 0 amide bonds. The number of carboxylic acids is 1. The Morgan fingerprint density at radius 3 is 2.38 bits per heavy atom. The van der Waals surface area contributed by atoms with E-state index >= 15 is 0 Å². The van der Waals surface area contributed by atoms with E-state index in [4.69, 9.17) is 9.22 Å². The van der Waals surface area contributed by atoms with Gasteiger partial charge < -0.3 is 9.22 Å². The molecule has 0 aliphatic carbocycles. The van der Waals surface area contributed by atoms with Gasteiger partial charge in [-0.25, -0.2) is 0 Å². The lowest BCUT2D eigenvalue weighted by Gasteiger charge is -2.22. The Hall–Kier alpha value is -0.136. The minimum absolute atomic E-state index is 0.284. The number of hydrogen-bond donors (Lipinski definition) is 1. The molecule has 0 saturated carbocycles. The molecule has 13 heavy (non-hydrogen) atoms. The normalized spacial score (nSPS) is 14.2. The molecule has 0 aliphatic heterocycles. The van der Waals surface area contributed by atoms with Gasteiger partial charge in [-0.05, 0) is 38.7 Å². The monoisotopic (exact) mass is 220 g/mol. The summed E-state index contributed by atoms with van der Waals surface area (Å²) in [5.41, 5.74) is 0. The molecule has 0 saturated heterocycles. The summed E-state index contributed by atoms with van der Waals surface area (Å²) in [6, 6.07) is 0.983. The van der Waals surface area contributed by atoms with Crippen LogP contribution in [0.3, 0.4) is 0 Å². The summed E-state index contributed by atoms with van der Waals surface area (Å²) >= 11 is 0. The van der Waals surface area contributed by atoms with Gasteiger partial charge in [-0.1, -0.05) is 0 Å². The van der Waals surface area contributed by atoms with Crippen molar-refractivity contribution in [3.05, 3.63) is 0 Å². The lowest BCUT2D eigenvalue weighted by Crippen LogP contribution is -2.32. The van der Waals surface area contributed by atoms with Gasteiger partial charge in [0, 0.05) is 6.42 Å². The van der Waals surface area contributed by atoms with Crippen molar-refractivity contribution in [3.63, 3.8) is 0 Å². The Balaban J connectivity index is 3.52. The Bertz CT molecular complexity index is 165. The van der Waals surface area contributed by atoms with Gasteiger partial charge in [-0.3, -0.25) is 4.79 Å². The maximum Gasteiger partial charge on any atom is 0.303 e. The first-order chi connectivity index (χ1) is 5.81. The highest BCUT2D eigenvalue weighted by Crippen LogP contribution is 2.10. The Labute approximate surface area is 83.0 Å². The van der Waals surface area contributed by atoms with Gasteiger partial charge in [0.25, 0.3) is 0 Å². The van der Waals surface area contributed by atoms with E-state index in [0.717, 1.165) is 12.5 Å². The maximum absolute atomic E-state index is 10.2. The summed E-state index contributed by atoms with van der Waals surface area (Å²) in [7, 11) is -2.47. The lowest BCUT2D eigenvalue weighted by atomic mass is 10.3. The summed E-state index contributed by atoms with van der Waals surface area (Å²) in [6.45, 7) is 8.68. The molecule has 0 heterocycles. The largest absolute Gasteiger partial charge is 0.481 e. The van der Waals surface area contributed by atoms with E-state index in [-0.39, 0.29) is 6.42 Å². The average molecular weight is 220 g/mol. The molecule has 0 aromatic heterocycles. The molecule has 0 aromatic rings. The highest BCUT2D eigenvalue weighted by molar-refractivity contribution is 6.77. The van der Waals surface area contributed by atoms with Crippen LogP contribution in [0.25, 0.3) is 0 Å². The smallest absolute Gasteiger partial charge is 0.303 e. The van der Waals surface area contributed by atoms with Crippen LogP contribution >= 0.6 is 0 Å². The second-order valence-corrected chi connectivity index (χ2v) is 11.7. The third-order valence-corrected chi connectivity index (χ3v) is 7.22. The van der Waals surface area contributed by atoms with Crippen molar-refractivity contribution in [3.8, 4) is 0 Å². The summed E-state index contributed by atoms with van der Waals surface area (Å²) in [5.74, 6) is -0.700. The van der Waals surface area contributed by atoms with E-state index < -0.39 is 23.3 Å². The van der Waals surface area contributed by atoms with Gasteiger partial charge in [-0.2, -0.15) is 0 Å². The molecule has 1 unspecified atom stereocenters. The van der Waals surface area contributed by atoms with Crippen molar-refractivity contribution in [2.24, 2.45) is 0 Å². The van der Waals surface area contributed by atoms with E-state index in [0.29, 0.717) is 0 Å². The van der Waals surface area contributed by atoms with Gasteiger partial charge in [-0.15, -0.1) is 0 Å². The lowest BCUT2D eigenvalue weighted by molar-refractivity contribution is -0.137. The van der Waals surface area contributed by atoms with E-state index in [1.54, 1.807) is 0 Å².